The van der Waals surface area contributed by atoms with Crippen LogP contribution in [0.1, 0.15) is 28.0 Å². The molecule has 144 valence electrons. The maximum absolute atomic E-state index is 12.9. The van der Waals surface area contributed by atoms with E-state index in [1.54, 1.807) is 18.3 Å². The first-order valence-electron chi connectivity index (χ1n) is 9.36. The minimum atomic E-state index is -0.258. The van der Waals surface area contributed by atoms with E-state index >= 15 is 0 Å². The van der Waals surface area contributed by atoms with Gasteiger partial charge in [0.15, 0.2) is 0 Å². The van der Waals surface area contributed by atoms with Gasteiger partial charge < -0.3 is 9.64 Å². The van der Waals surface area contributed by atoms with Gasteiger partial charge in [0.25, 0.3) is 5.91 Å². The Hall–Kier alpha value is -2.47. The summed E-state index contributed by atoms with van der Waals surface area (Å²) in [5, 5.41) is 0. The summed E-state index contributed by atoms with van der Waals surface area (Å²) in [6.45, 7) is 8.62. The van der Waals surface area contributed by atoms with Crippen LogP contribution in [0.25, 0.3) is 0 Å². The van der Waals surface area contributed by atoms with E-state index in [4.69, 9.17) is 4.74 Å². The van der Waals surface area contributed by atoms with Crippen molar-refractivity contribution >= 4 is 5.91 Å². The summed E-state index contributed by atoms with van der Waals surface area (Å²) >= 11 is 0. The minimum Gasteiger partial charge on any atom is -0.494 e. The lowest BCUT2D eigenvalue weighted by molar-refractivity contribution is 0.0630. The van der Waals surface area contributed by atoms with Crippen LogP contribution >= 0.6 is 0 Å². The lowest BCUT2D eigenvalue weighted by atomic mass is 10.1. The largest absolute Gasteiger partial charge is 0.494 e. The van der Waals surface area contributed by atoms with Gasteiger partial charge in [-0.2, -0.15) is 0 Å². The first kappa shape index (κ1) is 19.3. The monoisotopic (exact) mass is 371 g/mol. The fourth-order valence-corrected chi connectivity index (χ4v) is 3.13. The van der Waals surface area contributed by atoms with Crippen LogP contribution in [-0.4, -0.2) is 60.0 Å². The fraction of sp³-hybridized carbons (Fsp3) is 0.429. The van der Waals surface area contributed by atoms with Crippen molar-refractivity contribution in [1.29, 1.82) is 0 Å². The molecule has 1 aliphatic rings. The van der Waals surface area contributed by atoms with Crippen molar-refractivity contribution in [3.8, 4) is 5.75 Å². The Bertz CT molecular complexity index is 771. The molecule has 3 rings (SSSR count). The van der Waals surface area contributed by atoms with Gasteiger partial charge in [-0.05, 0) is 56.2 Å². The average molecular weight is 371 g/mol. The number of piperazine rings is 1. The van der Waals surface area contributed by atoms with Gasteiger partial charge >= 0.3 is 0 Å². The second kappa shape index (κ2) is 8.95. The van der Waals surface area contributed by atoms with Crippen LogP contribution in [0.15, 0.2) is 36.5 Å². The molecule has 5 nitrogen and oxygen atoms in total. The summed E-state index contributed by atoms with van der Waals surface area (Å²) in [5.74, 6) is 0.491. The van der Waals surface area contributed by atoms with Crippen LogP contribution in [0.5, 0.6) is 5.75 Å². The van der Waals surface area contributed by atoms with Gasteiger partial charge in [0.1, 0.15) is 11.6 Å². The topological polar surface area (TPSA) is 45.7 Å². The standard InChI is InChI=1S/C21H26FN3O2/c1-16-14-18(15-23-17(16)2)21(26)25-11-9-24(10-12-25)8-3-13-27-20-6-4-19(22)5-7-20/h4-7,14-15H,3,8-13H2,1-2H3. The Morgan fingerprint density at radius 1 is 1.15 bits per heavy atom. The molecular formula is C21H26FN3O2. The highest BCUT2D eigenvalue weighted by molar-refractivity contribution is 5.94. The summed E-state index contributed by atoms with van der Waals surface area (Å²) in [7, 11) is 0. The van der Waals surface area contributed by atoms with E-state index < -0.39 is 0 Å². The van der Waals surface area contributed by atoms with Gasteiger partial charge in [-0.3, -0.25) is 14.7 Å². The third-order valence-corrected chi connectivity index (χ3v) is 4.95. The number of amides is 1. The molecule has 0 unspecified atom stereocenters. The minimum absolute atomic E-state index is 0.0601. The van der Waals surface area contributed by atoms with Crippen molar-refractivity contribution in [3.63, 3.8) is 0 Å². The molecule has 0 saturated carbocycles. The summed E-state index contributed by atoms with van der Waals surface area (Å²) in [4.78, 5) is 21.2. The molecule has 0 spiro atoms. The first-order valence-corrected chi connectivity index (χ1v) is 9.36. The highest BCUT2D eigenvalue weighted by atomic mass is 19.1. The van der Waals surface area contributed by atoms with Gasteiger partial charge in [0, 0.05) is 44.6 Å². The Labute approximate surface area is 159 Å². The Morgan fingerprint density at radius 2 is 1.85 bits per heavy atom. The molecule has 1 aromatic carbocycles. The third-order valence-electron chi connectivity index (χ3n) is 4.95. The number of hydrogen-bond donors (Lipinski definition) is 0. The molecule has 2 heterocycles. The van der Waals surface area contributed by atoms with E-state index in [0.717, 1.165) is 50.4 Å². The number of nitrogens with zero attached hydrogens (tertiary/aromatic N) is 3. The van der Waals surface area contributed by atoms with Crippen LogP contribution < -0.4 is 4.74 Å². The predicted octanol–water partition coefficient (Wildman–Crippen LogP) is 3.06. The Morgan fingerprint density at radius 3 is 2.52 bits per heavy atom. The second-order valence-corrected chi connectivity index (χ2v) is 6.92. The zero-order valence-corrected chi connectivity index (χ0v) is 15.9. The second-order valence-electron chi connectivity index (χ2n) is 6.92. The number of ether oxygens (including phenoxy) is 1. The number of benzene rings is 1. The third kappa shape index (κ3) is 5.26. The van der Waals surface area contributed by atoms with E-state index in [2.05, 4.69) is 9.88 Å². The summed E-state index contributed by atoms with van der Waals surface area (Å²) in [6.07, 6.45) is 2.57. The molecule has 27 heavy (non-hydrogen) atoms. The lowest BCUT2D eigenvalue weighted by Gasteiger charge is -2.34. The van der Waals surface area contributed by atoms with Crippen LogP contribution in [0.4, 0.5) is 4.39 Å². The van der Waals surface area contributed by atoms with E-state index in [1.807, 2.05) is 24.8 Å². The quantitative estimate of drug-likeness (QED) is 0.732. The van der Waals surface area contributed by atoms with E-state index in [0.29, 0.717) is 17.9 Å². The molecule has 0 atom stereocenters. The summed E-state index contributed by atoms with van der Waals surface area (Å²) in [5.41, 5.74) is 2.67. The normalized spacial score (nSPS) is 15.0. The summed E-state index contributed by atoms with van der Waals surface area (Å²) in [6, 6.07) is 8.00. The highest BCUT2D eigenvalue weighted by Gasteiger charge is 2.22. The number of pyridine rings is 1. The van der Waals surface area contributed by atoms with Crippen molar-refractivity contribution in [2.24, 2.45) is 0 Å². The number of carbonyl (C=O) groups excluding carboxylic acids is 1. The number of halogens is 1. The zero-order chi connectivity index (χ0) is 19.2. The van der Waals surface area contributed by atoms with Gasteiger partial charge in [0.2, 0.25) is 0 Å². The molecule has 0 aliphatic carbocycles. The number of hydrogen-bond acceptors (Lipinski definition) is 4. The molecule has 0 bridgehead atoms. The fourth-order valence-electron chi connectivity index (χ4n) is 3.13. The molecule has 0 radical (unpaired) electrons. The molecule has 0 N–H and O–H groups in total. The Balaban J connectivity index is 1.39. The van der Waals surface area contributed by atoms with Gasteiger partial charge in [-0.25, -0.2) is 4.39 Å². The van der Waals surface area contributed by atoms with Crippen molar-refractivity contribution in [1.82, 2.24) is 14.8 Å². The van der Waals surface area contributed by atoms with Crippen molar-refractivity contribution < 1.29 is 13.9 Å². The van der Waals surface area contributed by atoms with Crippen molar-refractivity contribution in [2.75, 3.05) is 39.3 Å². The smallest absolute Gasteiger partial charge is 0.255 e. The Kier molecular flexibility index (Phi) is 6.40. The van der Waals surface area contributed by atoms with Gasteiger partial charge in [0.05, 0.1) is 12.2 Å². The van der Waals surface area contributed by atoms with Crippen molar-refractivity contribution in [2.45, 2.75) is 20.3 Å². The molecule has 1 saturated heterocycles. The highest BCUT2D eigenvalue weighted by Crippen LogP contribution is 2.13. The number of aromatic nitrogens is 1. The van der Waals surface area contributed by atoms with Crippen LogP contribution in [-0.2, 0) is 0 Å². The van der Waals surface area contributed by atoms with Crippen LogP contribution in [0, 0.1) is 19.7 Å². The number of carbonyl (C=O) groups is 1. The molecule has 2 aromatic rings. The van der Waals surface area contributed by atoms with Crippen LogP contribution in [0.2, 0.25) is 0 Å². The molecule has 1 amide bonds. The number of rotatable bonds is 6. The molecule has 1 aromatic heterocycles. The first-order chi connectivity index (χ1) is 13.0. The average Bonchev–Trinajstić information content (AvgIpc) is 2.69. The molecule has 1 fully saturated rings. The van der Waals surface area contributed by atoms with E-state index in [9.17, 15) is 9.18 Å². The lowest BCUT2D eigenvalue weighted by Crippen LogP contribution is -2.49. The zero-order valence-electron chi connectivity index (χ0n) is 15.9. The molecule has 6 heteroatoms. The molecular weight excluding hydrogens is 345 g/mol. The van der Waals surface area contributed by atoms with Crippen LogP contribution in [0.3, 0.4) is 0 Å². The molecule has 1 aliphatic heterocycles. The maximum atomic E-state index is 12.9. The predicted molar refractivity (Wildman–Crippen MR) is 103 cm³/mol. The number of aryl methyl sites for hydroxylation is 2. The van der Waals surface area contributed by atoms with E-state index in [-0.39, 0.29) is 11.7 Å². The van der Waals surface area contributed by atoms with Gasteiger partial charge in [-0.1, -0.05) is 0 Å². The van der Waals surface area contributed by atoms with Crippen molar-refractivity contribution in [3.05, 3.63) is 59.2 Å². The van der Waals surface area contributed by atoms with E-state index in [1.165, 1.54) is 12.1 Å². The SMILES string of the molecule is Cc1cc(C(=O)N2CCN(CCCOc3ccc(F)cc3)CC2)cnc1C. The van der Waals surface area contributed by atoms with Gasteiger partial charge in [-0.15, -0.1) is 0 Å². The summed E-state index contributed by atoms with van der Waals surface area (Å²) < 4.78 is 18.5. The maximum Gasteiger partial charge on any atom is 0.255 e.